The topological polar surface area (TPSA) is 78.4 Å². The highest BCUT2D eigenvalue weighted by atomic mass is 32.1. The molecule has 0 radical (unpaired) electrons. The summed E-state index contributed by atoms with van der Waals surface area (Å²) in [4.78, 5) is 22.3. The Bertz CT molecular complexity index is 242. The van der Waals surface area contributed by atoms with E-state index in [0.29, 0.717) is 6.54 Å². The Morgan fingerprint density at radius 1 is 1.60 bits per heavy atom. The molecule has 1 fully saturated rings. The number of carbonyl (C=O) groups is 2. The van der Waals surface area contributed by atoms with E-state index in [1.165, 1.54) is 0 Å². The van der Waals surface area contributed by atoms with Gasteiger partial charge in [0.15, 0.2) is 0 Å². The molecule has 0 saturated carbocycles. The van der Waals surface area contributed by atoms with E-state index in [4.69, 9.17) is 5.11 Å². The molecule has 0 bridgehead atoms. The molecule has 1 amide bonds. The van der Waals surface area contributed by atoms with E-state index < -0.39 is 12.0 Å². The SMILES string of the molecule is O=C(NC(CS)C(=O)O)C1CCCNC1. The lowest BCUT2D eigenvalue weighted by molar-refractivity contribution is -0.141. The fraction of sp³-hybridized carbons (Fsp3) is 0.778. The summed E-state index contributed by atoms with van der Waals surface area (Å²) in [6, 6.07) is -0.886. The summed E-state index contributed by atoms with van der Waals surface area (Å²) in [5, 5.41) is 14.3. The molecule has 1 saturated heterocycles. The molecule has 3 N–H and O–H groups in total. The number of amides is 1. The second kappa shape index (κ2) is 5.97. The van der Waals surface area contributed by atoms with Gasteiger partial charge >= 0.3 is 5.97 Å². The monoisotopic (exact) mass is 232 g/mol. The third-order valence-electron chi connectivity index (χ3n) is 2.46. The van der Waals surface area contributed by atoms with Crippen molar-refractivity contribution in [3.05, 3.63) is 0 Å². The van der Waals surface area contributed by atoms with Crippen LogP contribution in [0.1, 0.15) is 12.8 Å². The van der Waals surface area contributed by atoms with E-state index in [-0.39, 0.29) is 17.6 Å². The van der Waals surface area contributed by atoms with Gasteiger partial charge in [-0.05, 0) is 19.4 Å². The van der Waals surface area contributed by atoms with E-state index >= 15 is 0 Å². The molecule has 0 aromatic rings. The van der Waals surface area contributed by atoms with Crippen molar-refractivity contribution >= 4 is 24.5 Å². The molecular formula is C9H16N2O3S. The summed E-state index contributed by atoms with van der Waals surface area (Å²) in [6.45, 7) is 1.56. The van der Waals surface area contributed by atoms with Crippen LogP contribution in [0.15, 0.2) is 0 Å². The summed E-state index contributed by atoms with van der Waals surface area (Å²) in [6.07, 6.45) is 1.77. The number of rotatable bonds is 4. The molecule has 6 heteroatoms. The molecule has 2 atom stereocenters. The zero-order valence-corrected chi connectivity index (χ0v) is 9.30. The van der Waals surface area contributed by atoms with E-state index in [9.17, 15) is 9.59 Å². The van der Waals surface area contributed by atoms with E-state index in [2.05, 4.69) is 23.3 Å². The quantitative estimate of drug-likeness (QED) is 0.492. The average Bonchev–Trinajstić information content (AvgIpc) is 2.26. The highest BCUT2D eigenvalue weighted by Gasteiger charge is 2.25. The second-order valence-corrected chi connectivity index (χ2v) is 3.99. The minimum absolute atomic E-state index is 0.111. The minimum Gasteiger partial charge on any atom is -0.480 e. The van der Waals surface area contributed by atoms with Gasteiger partial charge in [0, 0.05) is 12.3 Å². The molecule has 1 aliphatic heterocycles. The Morgan fingerprint density at radius 3 is 2.80 bits per heavy atom. The first-order valence-corrected chi connectivity index (χ1v) is 5.63. The molecule has 1 aliphatic rings. The predicted octanol–water partition coefficient (Wildman–Crippen LogP) is -0.515. The van der Waals surface area contributed by atoms with Gasteiger partial charge in [-0.1, -0.05) is 0 Å². The molecule has 0 aromatic carbocycles. The first kappa shape index (κ1) is 12.3. The van der Waals surface area contributed by atoms with E-state index in [0.717, 1.165) is 19.4 Å². The highest BCUT2D eigenvalue weighted by Crippen LogP contribution is 2.10. The number of aliphatic carboxylic acids is 1. The molecule has 5 nitrogen and oxygen atoms in total. The van der Waals surface area contributed by atoms with Gasteiger partial charge in [-0.2, -0.15) is 12.6 Å². The van der Waals surface area contributed by atoms with Crippen molar-refractivity contribution in [2.45, 2.75) is 18.9 Å². The molecule has 2 unspecified atom stereocenters. The number of hydrogen-bond donors (Lipinski definition) is 4. The lowest BCUT2D eigenvalue weighted by Crippen LogP contribution is -2.48. The summed E-state index contributed by atoms with van der Waals surface area (Å²) in [7, 11) is 0. The number of carboxylic acid groups (broad SMARTS) is 1. The standard InChI is InChI=1S/C9H16N2O3S/c12-8(6-2-1-3-10-4-6)11-7(5-15)9(13)14/h6-7,10,15H,1-5H2,(H,11,12)(H,13,14). The molecule has 0 aliphatic carbocycles. The fourth-order valence-electron chi connectivity index (χ4n) is 1.55. The lowest BCUT2D eigenvalue weighted by Gasteiger charge is -2.23. The maximum atomic E-state index is 11.6. The van der Waals surface area contributed by atoms with Crippen molar-refractivity contribution < 1.29 is 14.7 Å². The van der Waals surface area contributed by atoms with Gasteiger partial charge in [-0.3, -0.25) is 4.79 Å². The van der Waals surface area contributed by atoms with Crippen LogP contribution in [0.4, 0.5) is 0 Å². The summed E-state index contributed by atoms with van der Waals surface area (Å²) in [5.41, 5.74) is 0. The Hall–Kier alpha value is -0.750. The Labute approximate surface area is 94.0 Å². The van der Waals surface area contributed by atoms with Crippen molar-refractivity contribution in [1.29, 1.82) is 0 Å². The van der Waals surface area contributed by atoms with Crippen molar-refractivity contribution in [2.24, 2.45) is 5.92 Å². The minimum atomic E-state index is -1.04. The molecule has 0 aromatic heterocycles. The Morgan fingerprint density at radius 2 is 2.33 bits per heavy atom. The number of hydrogen-bond acceptors (Lipinski definition) is 4. The third kappa shape index (κ3) is 3.71. The largest absolute Gasteiger partial charge is 0.480 e. The number of nitrogens with one attached hydrogen (secondary N) is 2. The zero-order chi connectivity index (χ0) is 11.3. The van der Waals surface area contributed by atoms with Crippen LogP contribution in [-0.2, 0) is 9.59 Å². The average molecular weight is 232 g/mol. The second-order valence-electron chi connectivity index (χ2n) is 3.63. The number of thiol groups is 1. The summed E-state index contributed by atoms with van der Waals surface area (Å²) in [5.74, 6) is -1.23. The molecule has 86 valence electrons. The predicted molar refractivity (Wildman–Crippen MR) is 59.0 cm³/mol. The Kier molecular flexibility index (Phi) is 4.90. The number of carbonyl (C=O) groups excluding carboxylic acids is 1. The van der Waals surface area contributed by atoms with Crippen molar-refractivity contribution in [3.63, 3.8) is 0 Å². The van der Waals surface area contributed by atoms with Crippen LogP contribution in [0.2, 0.25) is 0 Å². The maximum Gasteiger partial charge on any atom is 0.327 e. The smallest absolute Gasteiger partial charge is 0.327 e. The van der Waals surface area contributed by atoms with Crippen molar-refractivity contribution in [1.82, 2.24) is 10.6 Å². The highest BCUT2D eigenvalue weighted by molar-refractivity contribution is 7.80. The van der Waals surface area contributed by atoms with E-state index in [1.807, 2.05) is 0 Å². The van der Waals surface area contributed by atoms with Gasteiger partial charge in [-0.25, -0.2) is 4.79 Å². The van der Waals surface area contributed by atoms with Crippen LogP contribution in [0.25, 0.3) is 0 Å². The first-order valence-electron chi connectivity index (χ1n) is 5.00. The van der Waals surface area contributed by atoms with Gasteiger partial charge in [0.2, 0.25) is 5.91 Å². The molecule has 0 spiro atoms. The number of piperidine rings is 1. The van der Waals surface area contributed by atoms with Crippen LogP contribution in [-0.4, -0.2) is 41.9 Å². The molecule has 1 rings (SSSR count). The molecular weight excluding hydrogens is 216 g/mol. The normalized spacial score (nSPS) is 23.1. The van der Waals surface area contributed by atoms with Crippen LogP contribution in [0.5, 0.6) is 0 Å². The van der Waals surface area contributed by atoms with Crippen LogP contribution in [0, 0.1) is 5.92 Å². The van der Waals surface area contributed by atoms with E-state index in [1.54, 1.807) is 0 Å². The van der Waals surface area contributed by atoms with Gasteiger partial charge in [0.05, 0.1) is 5.92 Å². The van der Waals surface area contributed by atoms with Crippen molar-refractivity contribution in [3.8, 4) is 0 Å². The first-order chi connectivity index (χ1) is 7.15. The van der Waals surface area contributed by atoms with Gasteiger partial charge in [-0.15, -0.1) is 0 Å². The molecule has 15 heavy (non-hydrogen) atoms. The van der Waals surface area contributed by atoms with Crippen molar-refractivity contribution in [2.75, 3.05) is 18.8 Å². The zero-order valence-electron chi connectivity index (χ0n) is 8.40. The number of carboxylic acids is 1. The van der Waals surface area contributed by atoms with Gasteiger partial charge in [0.25, 0.3) is 0 Å². The van der Waals surface area contributed by atoms with Crippen LogP contribution >= 0.6 is 12.6 Å². The summed E-state index contributed by atoms with van der Waals surface area (Å²) >= 11 is 3.88. The maximum absolute atomic E-state index is 11.6. The van der Waals surface area contributed by atoms with Gasteiger partial charge < -0.3 is 15.7 Å². The van der Waals surface area contributed by atoms with Crippen LogP contribution in [0.3, 0.4) is 0 Å². The van der Waals surface area contributed by atoms with Gasteiger partial charge in [0.1, 0.15) is 6.04 Å². The lowest BCUT2D eigenvalue weighted by atomic mass is 9.98. The summed E-state index contributed by atoms with van der Waals surface area (Å²) < 4.78 is 0. The van der Waals surface area contributed by atoms with Crippen LogP contribution < -0.4 is 10.6 Å². The third-order valence-corrected chi connectivity index (χ3v) is 2.83. The molecule has 1 heterocycles. The Balaban J connectivity index is 2.42. The fourth-order valence-corrected chi connectivity index (χ4v) is 1.80.